The molecule has 2 heterocycles. The van der Waals surface area contributed by atoms with Crippen LogP contribution < -0.4 is 0 Å². The summed E-state index contributed by atoms with van der Waals surface area (Å²) in [6, 6.07) is 0. The molecule has 0 aliphatic carbocycles. The molecule has 0 aliphatic rings. The van der Waals surface area contributed by atoms with E-state index in [1.54, 1.807) is 6.20 Å². The molecule has 12 heavy (non-hydrogen) atoms. The zero-order valence-electron chi connectivity index (χ0n) is 6.59. The van der Waals surface area contributed by atoms with Gasteiger partial charge < -0.3 is 9.97 Å². The zero-order chi connectivity index (χ0) is 8.55. The fraction of sp³-hybridized carbons (Fsp3) is 0.286. The largest absolute Gasteiger partial charge is 0.339 e. The van der Waals surface area contributed by atoms with Crippen LogP contribution in [-0.4, -0.2) is 19.9 Å². The number of rotatable bonds is 1. The lowest BCUT2D eigenvalue weighted by Crippen LogP contribution is -1.81. The number of nitrogens with zero attached hydrogens (tertiary/aromatic N) is 2. The Morgan fingerprint density at radius 3 is 3.08 bits per heavy atom. The number of fused-ring (bicyclic) bond motifs is 1. The minimum atomic E-state index is 0.469. The highest BCUT2D eigenvalue weighted by molar-refractivity contribution is 7.71. The van der Waals surface area contributed by atoms with Crippen molar-refractivity contribution in [1.82, 2.24) is 19.9 Å². The van der Waals surface area contributed by atoms with Gasteiger partial charge in [-0.3, -0.25) is 0 Å². The molecule has 2 aromatic rings. The highest BCUT2D eigenvalue weighted by Gasteiger charge is 1.99. The number of aryl methyl sites for hydroxylation is 1. The Bertz CT molecular complexity index is 456. The van der Waals surface area contributed by atoms with Crippen molar-refractivity contribution in [2.45, 2.75) is 13.3 Å². The van der Waals surface area contributed by atoms with Crippen molar-refractivity contribution in [2.75, 3.05) is 0 Å². The summed E-state index contributed by atoms with van der Waals surface area (Å²) in [5.41, 5.74) is 1.69. The van der Waals surface area contributed by atoms with Crippen molar-refractivity contribution in [3.05, 3.63) is 16.8 Å². The number of aromatic amines is 2. The molecule has 0 atom stereocenters. The number of hydrogen-bond donors (Lipinski definition) is 2. The van der Waals surface area contributed by atoms with E-state index in [2.05, 4.69) is 19.9 Å². The third-order valence-corrected chi connectivity index (χ3v) is 1.86. The fourth-order valence-electron chi connectivity index (χ4n) is 1.05. The highest BCUT2D eigenvalue weighted by Crippen LogP contribution is 2.06. The third-order valence-electron chi connectivity index (χ3n) is 1.65. The van der Waals surface area contributed by atoms with Crippen LogP contribution >= 0.6 is 12.2 Å². The minimum absolute atomic E-state index is 0.469. The van der Waals surface area contributed by atoms with Crippen molar-refractivity contribution in [3.63, 3.8) is 0 Å². The molecule has 2 N–H and O–H groups in total. The van der Waals surface area contributed by atoms with Crippen molar-refractivity contribution in [1.29, 1.82) is 0 Å². The highest BCUT2D eigenvalue weighted by atomic mass is 32.1. The number of H-pyrrole nitrogens is 2. The van der Waals surface area contributed by atoms with Crippen LogP contribution in [0.25, 0.3) is 11.2 Å². The topological polar surface area (TPSA) is 57.4 Å². The van der Waals surface area contributed by atoms with Gasteiger partial charge in [-0.1, -0.05) is 6.92 Å². The second-order valence-corrected chi connectivity index (χ2v) is 2.87. The van der Waals surface area contributed by atoms with Gasteiger partial charge in [-0.2, -0.15) is 0 Å². The molecule has 0 aliphatic heterocycles. The summed E-state index contributed by atoms with van der Waals surface area (Å²) in [7, 11) is 0. The minimum Gasteiger partial charge on any atom is -0.339 e. The van der Waals surface area contributed by atoms with Crippen LogP contribution in [0.15, 0.2) is 6.20 Å². The molecule has 0 bridgehead atoms. The Hall–Kier alpha value is -1.23. The molecule has 0 saturated heterocycles. The SMILES string of the molecule is CCc1nc2[nH]c(=S)ncc2[nH]1. The van der Waals surface area contributed by atoms with Gasteiger partial charge in [-0.05, 0) is 12.2 Å². The fourth-order valence-corrected chi connectivity index (χ4v) is 1.20. The maximum atomic E-state index is 4.86. The van der Waals surface area contributed by atoms with Gasteiger partial charge in [0, 0.05) is 6.42 Å². The second kappa shape index (κ2) is 2.67. The quantitative estimate of drug-likeness (QED) is 0.655. The lowest BCUT2D eigenvalue weighted by atomic mass is 10.5. The van der Waals surface area contributed by atoms with E-state index in [4.69, 9.17) is 12.2 Å². The molecule has 0 spiro atoms. The lowest BCUT2D eigenvalue weighted by Gasteiger charge is -1.84. The third kappa shape index (κ3) is 1.12. The van der Waals surface area contributed by atoms with E-state index in [0.717, 1.165) is 23.4 Å². The monoisotopic (exact) mass is 180 g/mol. The number of hydrogen-bond acceptors (Lipinski definition) is 3. The van der Waals surface area contributed by atoms with E-state index in [1.165, 1.54) is 0 Å². The summed E-state index contributed by atoms with van der Waals surface area (Å²) in [6.45, 7) is 2.04. The molecule has 0 fully saturated rings. The Kier molecular flexibility index (Phi) is 1.65. The summed E-state index contributed by atoms with van der Waals surface area (Å²) >= 11 is 4.86. The van der Waals surface area contributed by atoms with Crippen LogP contribution in [0.2, 0.25) is 0 Å². The summed E-state index contributed by atoms with van der Waals surface area (Å²) in [5, 5.41) is 0. The van der Waals surface area contributed by atoms with Crippen LogP contribution in [0.1, 0.15) is 12.7 Å². The molecule has 0 unspecified atom stereocenters. The lowest BCUT2D eigenvalue weighted by molar-refractivity contribution is 0.997. The molecule has 0 saturated carbocycles. The van der Waals surface area contributed by atoms with Crippen molar-refractivity contribution < 1.29 is 0 Å². The van der Waals surface area contributed by atoms with Crippen LogP contribution in [-0.2, 0) is 6.42 Å². The smallest absolute Gasteiger partial charge is 0.198 e. The van der Waals surface area contributed by atoms with Gasteiger partial charge in [-0.15, -0.1) is 0 Å². The first-order valence-corrected chi connectivity index (χ1v) is 4.14. The number of nitrogens with one attached hydrogen (secondary N) is 2. The predicted octanol–water partition coefficient (Wildman–Crippen LogP) is 1.58. The number of imidazole rings is 1. The number of aromatic nitrogens is 4. The van der Waals surface area contributed by atoms with E-state index in [1.807, 2.05) is 6.92 Å². The molecule has 5 heteroatoms. The molecule has 62 valence electrons. The Morgan fingerprint density at radius 2 is 2.33 bits per heavy atom. The standard InChI is InChI=1S/C7H8N4S/c1-2-5-9-4-3-8-7(12)11-6(4)10-5/h3H,2H2,1H3,(H2,8,9,10,11,12). The molecule has 0 amide bonds. The van der Waals surface area contributed by atoms with Crippen LogP contribution in [0, 0.1) is 4.77 Å². The van der Waals surface area contributed by atoms with E-state index >= 15 is 0 Å². The first-order chi connectivity index (χ1) is 5.79. The summed E-state index contributed by atoms with van der Waals surface area (Å²) < 4.78 is 0.469. The molecule has 4 nitrogen and oxygen atoms in total. The maximum Gasteiger partial charge on any atom is 0.198 e. The summed E-state index contributed by atoms with van der Waals surface area (Å²) in [4.78, 5) is 14.2. The Morgan fingerprint density at radius 1 is 1.50 bits per heavy atom. The van der Waals surface area contributed by atoms with E-state index in [0.29, 0.717) is 4.77 Å². The Labute approximate surface area is 74.1 Å². The zero-order valence-corrected chi connectivity index (χ0v) is 7.40. The van der Waals surface area contributed by atoms with Crippen LogP contribution in [0.5, 0.6) is 0 Å². The second-order valence-electron chi connectivity index (χ2n) is 2.49. The molecule has 0 aromatic carbocycles. The van der Waals surface area contributed by atoms with Crippen LogP contribution in [0.3, 0.4) is 0 Å². The molecular formula is C7H8N4S. The summed E-state index contributed by atoms with van der Waals surface area (Å²) in [6.07, 6.45) is 2.58. The molecule has 2 rings (SSSR count). The van der Waals surface area contributed by atoms with Gasteiger partial charge in [0.1, 0.15) is 11.3 Å². The maximum absolute atomic E-state index is 4.86. The van der Waals surface area contributed by atoms with Crippen molar-refractivity contribution >= 4 is 23.4 Å². The van der Waals surface area contributed by atoms with Crippen molar-refractivity contribution in [2.24, 2.45) is 0 Å². The van der Waals surface area contributed by atoms with Crippen LogP contribution in [0.4, 0.5) is 0 Å². The molecule has 0 radical (unpaired) electrons. The predicted molar refractivity (Wildman–Crippen MR) is 48.5 cm³/mol. The van der Waals surface area contributed by atoms with Gasteiger partial charge in [0.2, 0.25) is 0 Å². The van der Waals surface area contributed by atoms with E-state index in [-0.39, 0.29) is 0 Å². The van der Waals surface area contributed by atoms with Gasteiger partial charge >= 0.3 is 0 Å². The average molecular weight is 180 g/mol. The van der Waals surface area contributed by atoms with Gasteiger partial charge in [0.05, 0.1) is 6.20 Å². The van der Waals surface area contributed by atoms with Gasteiger partial charge in [-0.25, -0.2) is 9.97 Å². The van der Waals surface area contributed by atoms with Gasteiger partial charge in [0.25, 0.3) is 0 Å². The van der Waals surface area contributed by atoms with Gasteiger partial charge in [0.15, 0.2) is 10.4 Å². The van der Waals surface area contributed by atoms with E-state index < -0.39 is 0 Å². The Balaban J connectivity index is 2.75. The average Bonchev–Trinajstić information content (AvgIpc) is 2.46. The first kappa shape index (κ1) is 7.42. The normalized spacial score (nSPS) is 10.8. The molecular weight excluding hydrogens is 172 g/mol. The summed E-state index contributed by atoms with van der Waals surface area (Å²) in [5.74, 6) is 0.948. The first-order valence-electron chi connectivity index (χ1n) is 3.73. The van der Waals surface area contributed by atoms with Crippen molar-refractivity contribution in [3.8, 4) is 0 Å². The molecule has 2 aromatic heterocycles. The van der Waals surface area contributed by atoms with E-state index in [9.17, 15) is 0 Å².